The second-order valence-corrected chi connectivity index (χ2v) is 3.14. The molecule has 0 radical (unpaired) electrons. The molecule has 0 atom stereocenters. The summed E-state index contributed by atoms with van der Waals surface area (Å²) in [7, 11) is 0. The number of pyridine rings is 1. The molecule has 0 aliphatic heterocycles. The van der Waals surface area contributed by atoms with Crippen LogP contribution in [0.5, 0.6) is 5.75 Å². The lowest BCUT2D eigenvalue weighted by molar-refractivity contribution is -0.275. The zero-order valence-electron chi connectivity index (χ0n) is 8.49. The van der Waals surface area contributed by atoms with E-state index in [2.05, 4.69) is 4.74 Å². The van der Waals surface area contributed by atoms with Gasteiger partial charge in [0.25, 0.3) is 6.43 Å². The van der Waals surface area contributed by atoms with Crippen LogP contribution in [0.25, 0.3) is 0 Å². The van der Waals surface area contributed by atoms with Gasteiger partial charge in [-0.2, -0.15) is 13.2 Å². The molecule has 0 amide bonds. The Kier molecular flexibility index (Phi) is 3.77. The molecule has 108 valence electrons. The summed E-state index contributed by atoms with van der Waals surface area (Å²) in [5, 5.41) is 0. The minimum Gasteiger partial charge on any atom is -0.399 e. The van der Waals surface area contributed by atoms with Gasteiger partial charge >= 0.3 is 12.5 Å². The van der Waals surface area contributed by atoms with E-state index in [9.17, 15) is 39.9 Å². The number of aromatic amines is 1. The number of rotatable bonds is 2. The van der Waals surface area contributed by atoms with E-state index < -0.39 is 41.5 Å². The van der Waals surface area contributed by atoms with Gasteiger partial charge in [0.05, 0.1) is 0 Å². The average Bonchev–Trinajstić information content (AvgIpc) is 2.16. The zero-order valence-corrected chi connectivity index (χ0v) is 8.49. The van der Waals surface area contributed by atoms with Crippen molar-refractivity contribution in [3.05, 3.63) is 27.7 Å². The van der Waals surface area contributed by atoms with Crippen LogP contribution in [0.2, 0.25) is 0 Å². The molecule has 1 rings (SSSR count). The van der Waals surface area contributed by atoms with Gasteiger partial charge in [0, 0.05) is 6.07 Å². The van der Waals surface area contributed by atoms with Crippen LogP contribution in [0.1, 0.15) is 17.8 Å². The Morgan fingerprint density at radius 2 is 1.63 bits per heavy atom. The van der Waals surface area contributed by atoms with Crippen LogP contribution in [0.4, 0.5) is 35.1 Å². The normalized spacial score (nSPS) is 12.9. The van der Waals surface area contributed by atoms with Gasteiger partial charge in [-0.05, 0) is 0 Å². The molecule has 11 heteroatoms. The maximum Gasteiger partial charge on any atom is 0.573 e. The molecule has 0 saturated heterocycles. The predicted octanol–water partition coefficient (Wildman–Crippen LogP) is 3.23. The molecule has 0 bridgehead atoms. The van der Waals surface area contributed by atoms with Gasteiger partial charge in [-0.25, -0.2) is 8.78 Å². The second-order valence-electron chi connectivity index (χ2n) is 3.14. The Bertz CT molecular complexity index is 515. The molecule has 0 spiro atoms. The number of nitrogens with one attached hydrogen (secondary N) is 1. The fourth-order valence-electron chi connectivity index (χ4n) is 1.09. The van der Waals surface area contributed by atoms with Crippen molar-refractivity contribution >= 4 is 0 Å². The largest absolute Gasteiger partial charge is 0.573 e. The van der Waals surface area contributed by atoms with Gasteiger partial charge in [0.15, 0.2) is 0 Å². The fourth-order valence-corrected chi connectivity index (χ4v) is 1.09. The van der Waals surface area contributed by atoms with E-state index in [0.717, 1.165) is 4.98 Å². The standard InChI is InChI=1S/C8H3F8NO2/c9-6(10)4-5(19-8(14,15)16)2(18)1-3(17-4)7(11,12)13/h1,6H,(H,17,18). The van der Waals surface area contributed by atoms with E-state index in [1.165, 1.54) is 0 Å². The first-order valence-corrected chi connectivity index (χ1v) is 4.30. The first-order valence-electron chi connectivity index (χ1n) is 4.30. The lowest BCUT2D eigenvalue weighted by Gasteiger charge is -2.14. The number of halogens is 8. The van der Waals surface area contributed by atoms with Crippen molar-refractivity contribution < 1.29 is 39.9 Å². The molecule has 1 aromatic rings. The van der Waals surface area contributed by atoms with Gasteiger partial charge in [-0.1, -0.05) is 0 Å². The minimum absolute atomic E-state index is 0.299. The monoisotopic (exact) mass is 297 g/mol. The lowest BCUT2D eigenvalue weighted by atomic mass is 10.2. The summed E-state index contributed by atoms with van der Waals surface area (Å²) in [6.07, 6.45) is -14.5. The number of hydrogen-bond acceptors (Lipinski definition) is 2. The minimum atomic E-state index is -5.49. The van der Waals surface area contributed by atoms with Crippen LogP contribution < -0.4 is 10.2 Å². The first kappa shape index (κ1) is 15.2. The third-order valence-corrected chi connectivity index (χ3v) is 1.75. The van der Waals surface area contributed by atoms with Crippen LogP contribution in [0, 0.1) is 0 Å². The number of H-pyrrole nitrogens is 1. The molecule has 1 N–H and O–H groups in total. The molecule has 3 nitrogen and oxygen atoms in total. The first-order chi connectivity index (χ1) is 8.42. The van der Waals surface area contributed by atoms with Crippen molar-refractivity contribution in [2.45, 2.75) is 19.0 Å². The SMILES string of the molecule is O=c1cc(C(F)(F)F)[nH]c(C(F)F)c1OC(F)(F)F. The fraction of sp³-hybridized carbons (Fsp3) is 0.375. The number of hydrogen-bond donors (Lipinski definition) is 1. The summed E-state index contributed by atoms with van der Waals surface area (Å²) in [5.41, 5.74) is -5.75. The van der Waals surface area contributed by atoms with E-state index in [0.29, 0.717) is 0 Å². The molecule has 0 fully saturated rings. The highest BCUT2D eigenvalue weighted by atomic mass is 19.4. The summed E-state index contributed by atoms with van der Waals surface area (Å²) in [5.74, 6) is -1.92. The van der Waals surface area contributed by atoms with Gasteiger partial charge < -0.3 is 9.72 Å². The maximum atomic E-state index is 12.4. The Hall–Kier alpha value is -1.81. The molecule has 0 aromatic carbocycles. The van der Waals surface area contributed by atoms with Crippen LogP contribution in [0.15, 0.2) is 10.9 Å². The van der Waals surface area contributed by atoms with Crippen molar-refractivity contribution in [2.75, 3.05) is 0 Å². The van der Waals surface area contributed by atoms with Crippen molar-refractivity contribution in [1.82, 2.24) is 4.98 Å². The third-order valence-electron chi connectivity index (χ3n) is 1.75. The van der Waals surface area contributed by atoms with E-state index in [4.69, 9.17) is 0 Å². The van der Waals surface area contributed by atoms with Gasteiger partial charge in [0.2, 0.25) is 11.2 Å². The summed E-state index contributed by atoms with van der Waals surface area (Å²) >= 11 is 0. The third kappa shape index (κ3) is 3.83. The lowest BCUT2D eigenvalue weighted by Crippen LogP contribution is -2.25. The van der Waals surface area contributed by atoms with Crippen LogP contribution >= 0.6 is 0 Å². The Morgan fingerprint density at radius 3 is 2.00 bits per heavy atom. The van der Waals surface area contributed by atoms with E-state index in [-0.39, 0.29) is 6.07 Å². The van der Waals surface area contributed by atoms with E-state index in [1.54, 1.807) is 0 Å². The highest BCUT2D eigenvalue weighted by Crippen LogP contribution is 2.33. The van der Waals surface area contributed by atoms with Gasteiger partial charge in [-0.3, -0.25) is 4.79 Å². The van der Waals surface area contributed by atoms with Crippen molar-refractivity contribution in [2.24, 2.45) is 0 Å². The van der Waals surface area contributed by atoms with E-state index in [1.807, 2.05) is 0 Å². The molecule has 0 saturated carbocycles. The summed E-state index contributed by atoms with van der Waals surface area (Å²) < 4.78 is 99.9. The molecular weight excluding hydrogens is 294 g/mol. The van der Waals surface area contributed by atoms with E-state index >= 15 is 0 Å². The number of ether oxygens (including phenoxy) is 1. The van der Waals surface area contributed by atoms with Gasteiger partial charge in [0.1, 0.15) is 11.4 Å². The van der Waals surface area contributed by atoms with Crippen molar-refractivity contribution in [1.29, 1.82) is 0 Å². The Labute approximate surface area is 98.3 Å². The van der Waals surface area contributed by atoms with Crippen molar-refractivity contribution in [3.63, 3.8) is 0 Å². The average molecular weight is 297 g/mol. The Balaban J connectivity index is 3.45. The molecule has 19 heavy (non-hydrogen) atoms. The number of aromatic nitrogens is 1. The highest BCUT2D eigenvalue weighted by Gasteiger charge is 2.38. The summed E-state index contributed by atoms with van der Waals surface area (Å²) in [6, 6.07) is -0.299. The highest BCUT2D eigenvalue weighted by molar-refractivity contribution is 5.31. The molecule has 1 heterocycles. The van der Waals surface area contributed by atoms with Crippen LogP contribution in [-0.4, -0.2) is 11.3 Å². The molecular formula is C8H3F8NO2. The Morgan fingerprint density at radius 1 is 1.11 bits per heavy atom. The van der Waals surface area contributed by atoms with Crippen LogP contribution in [-0.2, 0) is 6.18 Å². The second kappa shape index (κ2) is 4.70. The van der Waals surface area contributed by atoms with Crippen molar-refractivity contribution in [3.8, 4) is 5.75 Å². The molecule has 0 unspecified atom stereocenters. The summed E-state index contributed by atoms with van der Waals surface area (Å²) in [4.78, 5) is 12.0. The predicted molar refractivity (Wildman–Crippen MR) is 43.7 cm³/mol. The topological polar surface area (TPSA) is 42.1 Å². The zero-order chi connectivity index (χ0) is 15.0. The molecule has 0 aliphatic carbocycles. The quantitative estimate of drug-likeness (QED) is 0.852. The molecule has 0 aliphatic rings. The molecule has 1 aromatic heterocycles. The smallest absolute Gasteiger partial charge is 0.399 e. The number of alkyl halides is 8. The van der Waals surface area contributed by atoms with Crippen LogP contribution in [0.3, 0.4) is 0 Å². The summed E-state index contributed by atoms with van der Waals surface area (Å²) in [6.45, 7) is 0. The van der Waals surface area contributed by atoms with Gasteiger partial charge in [-0.15, -0.1) is 13.2 Å². The maximum absolute atomic E-state index is 12.4.